The third-order valence-electron chi connectivity index (χ3n) is 2.39. The first kappa shape index (κ1) is 8.78. The van der Waals surface area contributed by atoms with Crippen molar-refractivity contribution in [3.63, 3.8) is 0 Å². The van der Waals surface area contributed by atoms with Gasteiger partial charge >= 0.3 is 0 Å². The fraction of sp³-hybridized carbons (Fsp3) is 0. The molecule has 6 heteroatoms. The molecule has 0 saturated carbocycles. The molecule has 0 fully saturated rings. The highest BCUT2D eigenvalue weighted by atomic mass is 16.2. The van der Waals surface area contributed by atoms with Crippen molar-refractivity contribution in [1.29, 1.82) is 0 Å². The molecule has 78 valence electrons. The summed E-state index contributed by atoms with van der Waals surface area (Å²) in [5.41, 5.74) is 0.940. The van der Waals surface area contributed by atoms with Crippen molar-refractivity contribution in [3.8, 4) is 0 Å². The molecule has 1 N–H and O–H groups in total. The highest BCUT2D eigenvalue weighted by Gasteiger charge is 2.37. The Hall–Kier alpha value is -2.50. The summed E-state index contributed by atoms with van der Waals surface area (Å²) in [7, 11) is 0. The van der Waals surface area contributed by atoms with Crippen LogP contribution in [0.3, 0.4) is 0 Å². The summed E-state index contributed by atoms with van der Waals surface area (Å²) in [6.45, 7) is 0. The Morgan fingerprint density at radius 3 is 2.81 bits per heavy atom. The first-order valence-electron chi connectivity index (χ1n) is 4.61. The van der Waals surface area contributed by atoms with Gasteiger partial charge in [-0.15, -0.1) is 0 Å². The van der Waals surface area contributed by atoms with Gasteiger partial charge in [-0.2, -0.15) is 5.10 Å². The van der Waals surface area contributed by atoms with Gasteiger partial charge in [0.1, 0.15) is 5.69 Å². The molecule has 1 aliphatic rings. The summed E-state index contributed by atoms with van der Waals surface area (Å²) in [6.07, 6.45) is 4.40. The molecular formula is C10H6N4O2. The number of aromatic amines is 1. The molecule has 0 atom stereocenters. The number of pyridine rings is 1. The van der Waals surface area contributed by atoms with Crippen molar-refractivity contribution in [2.24, 2.45) is 0 Å². The molecule has 16 heavy (non-hydrogen) atoms. The SMILES string of the molecule is O=C1c2cccnc2C(=O)N1c1cn[nH]c1. The number of nitrogens with one attached hydrogen (secondary N) is 1. The van der Waals surface area contributed by atoms with Crippen molar-refractivity contribution >= 4 is 17.5 Å². The van der Waals surface area contributed by atoms with Crippen LogP contribution >= 0.6 is 0 Å². The number of hydrogen-bond donors (Lipinski definition) is 1. The minimum atomic E-state index is -0.415. The maximum absolute atomic E-state index is 11.9. The van der Waals surface area contributed by atoms with Crippen molar-refractivity contribution in [2.45, 2.75) is 0 Å². The van der Waals surface area contributed by atoms with Gasteiger partial charge in [0.15, 0.2) is 0 Å². The number of amides is 2. The number of anilines is 1. The third-order valence-corrected chi connectivity index (χ3v) is 2.39. The van der Waals surface area contributed by atoms with Crippen LogP contribution in [0, 0.1) is 0 Å². The molecule has 0 spiro atoms. The van der Waals surface area contributed by atoms with Gasteiger partial charge in [0, 0.05) is 12.4 Å². The summed E-state index contributed by atoms with van der Waals surface area (Å²) in [4.78, 5) is 28.8. The van der Waals surface area contributed by atoms with Gasteiger partial charge in [0.2, 0.25) is 0 Å². The average molecular weight is 214 g/mol. The lowest BCUT2D eigenvalue weighted by atomic mass is 10.2. The Morgan fingerprint density at radius 2 is 2.12 bits per heavy atom. The van der Waals surface area contributed by atoms with Gasteiger partial charge in [-0.3, -0.25) is 19.7 Å². The molecule has 6 nitrogen and oxygen atoms in total. The largest absolute Gasteiger partial charge is 0.284 e. The highest BCUT2D eigenvalue weighted by molar-refractivity contribution is 6.33. The molecule has 0 bridgehead atoms. The Bertz CT molecular complexity index is 541. The molecule has 1 aliphatic heterocycles. The zero-order valence-corrected chi connectivity index (χ0v) is 8.04. The number of nitrogens with zero attached hydrogens (tertiary/aromatic N) is 3. The number of H-pyrrole nitrogens is 1. The van der Waals surface area contributed by atoms with Gasteiger partial charge < -0.3 is 0 Å². The fourth-order valence-electron chi connectivity index (χ4n) is 1.67. The Balaban J connectivity index is 2.15. The molecule has 0 unspecified atom stereocenters. The number of aromatic nitrogens is 3. The summed E-state index contributed by atoms with van der Waals surface area (Å²) >= 11 is 0. The Labute approximate surface area is 89.9 Å². The predicted octanol–water partition coefficient (Wildman–Crippen LogP) is 0.605. The summed E-state index contributed by atoms with van der Waals surface area (Å²) in [6, 6.07) is 3.21. The summed E-state index contributed by atoms with van der Waals surface area (Å²) < 4.78 is 0. The highest BCUT2D eigenvalue weighted by Crippen LogP contribution is 2.25. The Morgan fingerprint density at radius 1 is 1.25 bits per heavy atom. The summed E-state index contributed by atoms with van der Waals surface area (Å²) in [5, 5.41) is 6.26. The number of carbonyl (C=O) groups excluding carboxylic acids is 2. The second kappa shape index (κ2) is 2.99. The van der Waals surface area contributed by atoms with Crippen LogP contribution in [0.25, 0.3) is 0 Å². The van der Waals surface area contributed by atoms with E-state index in [9.17, 15) is 9.59 Å². The van der Waals surface area contributed by atoms with E-state index in [1.165, 1.54) is 18.6 Å². The predicted molar refractivity (Wildman–Crippen MR) is 54.0 cm³/mol. The standard InChI is InChI=1S/C10H6N4O2/c15-9-7-2-1-3-11-8(7)10(16)14(9)6-4-12-13-5-6/h1-5H,(H,12,13). The number of imide groups is 1. The van der Waals surface area contributed by atoms with Crippen LogP contribution in [0.5, 0.6) is 0 Å². The zero-order chi connectivity index (χ0) is 11.1. The number of fused-ring (bicyclic) bond motifs is 1. The normalized spacial score (nSPS) is 14.4. The van der Waals surface area contributed by atoms with Crippen molar-refractivity contribution in [1.82, 2.24) is 15.2 Å². The van der Waals surface area contributed by atoms with E-state index in [2.05, 4.69) is 15.2 Å². The topological polar surface area (TPSA) is 79.0 Å². The Kier molecular flexibility index (Phi) is 1.64. The average Bonchev–Trinajstić information content (AvgIpc) is 2.89. The molecule has 0 aromatic carbocycles. The van der Waals surface area contributed by atoms with Crippen LogP contribution in [0.1, 0.15) is 20.8 Å². The third kappa shape index (κ3) is 1.01. The number of hydrogen-bond acceptors (Lipinski definition) is 4. The van der Waals surface area contributed by atoms with Crippen LogP contribution in [0.15, 0.2) is 30.7 Å². The van der Waals surface area contributed by atoms with Crippen LogP contribution in [-0.2, 0) is 0 Å². The van der Waals surface area contributed by atoms with E-state index in [1.807, 2.05) is 0 Å². The van der Waals surface area contributed by atoms with E-state index in [0.29, 0.717) is 11.3 Å². The van der Waals surface area contributed by atoms with Gasteiger partial charge in [-0.25, -0.2) is 4.90 Å². The molecule has 0 radical (unpaired) electrons. The molecule has 0 saturated heterocycles. The quantitative estimate of drug-likeness (QED) is 0.705. The molecule has 2 aromatic heterocycles. The van der Waals surface area contributed by atoms with E-state index in [0.717, 1.165) is 4.90 Å². The minimum absolute atomic E-state index is 0.189. The van der Waals surface area contributed by atoms with Crippen molar-refractivity contribution < 1.29 is 9.59 Å². The van der Waals surface area contributed by atoms with Gasteiger partial charge in [0.25, 0.3) is 11.8 Å². The second-order valence-corrected chi connectivity index (χ2v) is 3.30. The molecule has 2 aromatic rings. The second-order valence-electron chi connectivity index (χ2n) is 3.30. The van der Waals surface area contributed by atoms with Crippen LogP contribution in [0.2, 0.25) is 0 Å². The van der Waals surface area contributed by atoms with Crippen molar-refractivity contribution in [2.75, 3.05) is 4.90 Å². The lowest BCUT2D eigenvalue weighted by Crippen LogP contribution is -2.29. The number of carbonyl (C=O) groups is 2. The maximum atomic E-state index is 11.9. The van der Waals surface area contributed by atoms with Crippen molar-refractivity contribution in [3.05, 3.63) is 42.0 Å². The van der Waals surface area contributed by atoms with E-state index in [1.54, 1.807) is 12.1 Å². The molecular weight excluding hydrogens is 208 g/mol. The maximum Gasteiger partial charge on any atom is 0.284 e. The fourth-order valence-corrected chi connectivity index (χ4v) is 1.67. The van der Waals surface area contributed by atoms with Crippen LogP contribution < -0.4 is 4.90 Å². The lowest BCUT2D eigenvalue weighted by molar-refractivity contribution is 0.0924. The minimum Gasteiger partial charge on any atom is -0.284 e. The lowest BCUT2D eigenvalue weighted by Gasteiger charge is -2.09. The smallest absolute Gasteiger partial charge is 0.284 e. The van der Waals surface area contributed by atoms with Gasteiger partial charge in [0.05, 0.1) is 17.4 Å². The first-order valence-corrected chi connectivity index (χ1v) is 4.61. The van der Waals surface area contributed by atoms with E-state index >= 15 is 0 Å². The van der Waals surface area contributed by atoms with Gasteiger partial charge in [-0.05, 0) is 12.1 Å². The summed E-state index contributed by atoms with van der Waals surface area (Å²) in [5.74, 6) is -0.781. The molecule has 3 rings (SSSR count). The van der Waals surface area contributed by atoms with E-state index in [4.69, 9.17) is 0 Å². The van der Waals surface area contributed by atoms with Gasteiger partial charge in [-0.1, -0.05) is 0 Å². The van der Waals surface area contributed by atoms with E-state index in [-0.39, 0.29) is 11.6 Å². The van der Waals surface area contributed by atoms with Crippen LogP contribution in [0.4, 0.5) is 5.69 Å². The van der Waals surface area contributed by atoms with E-state index < -0.39 is 5.91 Å². The molecule has 0 aliphatic carbocycles. The van der Waals surface area contributed by atoms with Crippen LogP contribution in [-0.4, -0.2) is 27.0 Å². The molecule has 2 amide bonds. The monoisotopic (exact) mass is 214 g/mol. The number of rotatable bonds is 1. The first-order chi connectivity index (χ1) is 7.79. The molecule has 3 heterocycles. The zero-order valence-electron chi connectivity index (χ0n) is 8.04.